The van der Waals surface area contributed by atoms with E-state index in [0.29, 0.717) is 34.3 Å². The summed E-state index contributed by atoms with van der Waals surface area (Å²) in [5.41, 5.74) is 1.31. The van der Waals surface area contributed by atoms with Crippen molar-refractivity contribution in [3.8, 4) is 0 Å². The van der Waals surface area contributed by atoms with Gasteiger partial charge in [0.25, 0.3) is 0 Å². The lowest BCUT2D eigenvalue weighted by Crippen LogP contribution is -2.45. The Morgan fingerprint density at radius 3 is 2.75 bits per heavy atom. The third-order valence-corrected chi connectivity index (χ3v) is 3.86. The molecule has 1 unspecified atom stereocenters. The molecular weight excluding hydrogens is 305 g/mol. The van der Waals surface area contributed by atoms with Crippen LogP contribution in [-0.4, -0.2) is 31.2 Å². The molecular formula is C13H11Cl2NO4. The zero-order valence-corrected chi connectivity index (χ0v) is 12.1. The van der Waals surface area contributed by atoms with Crippen molar-refractivity contribution in [3.63, 3.8) is 0 Å². The van der Waals surface area contributed by atoms with Gasteiger partial charge in [0, 0.05) is 15.6 Å². The van der Waals surface area contributed by atoms with Gasteiger partial charge < -0.3 is 14.3 Å². The number of hydrogen-bond acceptors (Lipinski definition) is 5. The maximum absolute atomic E-state index is 11.9. The number of rotatable bonds is 2. The molecule has 1 aromatic carbocycles. The van der Waals surface area contributed by atoms with E-state index in [2.05, 4.69) is 5.16 Å². The van der Waals surface area contributed by atoms with Gasteiger partial charge in [-0.25, -0.2) is 4.79 Å². The first-order chi connectivity index (χ1) is 9.56. The van der Waals surface area contributed by atoms with Crippen LogP contribution < -0.4 is 0 Å². The second-order valence-corrected chi connectivity index (χ2v) is 5.45. The van der Waals surface area contributed by atoms with Crippen LogP contribution in [0.15, 0.2) is 23.4 Å². The molecule has 1 aromatic rings. The Labute approximate surface area is 125 Å². The molecule has 7 heteroatoms. The van der Waals surface area contributed by atoms with Crippen molar-refractivity contribution in [1.29, 1.82) is 0 Å². The van der Waals surface area contributed by atoms with E-state index in [1.54, 1.807) is 18.2 Å². The number of esters is 1. The first-order valence-electron chi connectivity index (χ1n) is 6.02. The Bertz CT molecular complexity index is 584. The minimum atomic E-state index is -1.47. The lowest BCUT2D eigenvalue weighted by Gasteiger charge is -2.22. The number of carbonyl (C=O) groups is 1. The number of halogens is 2. The Hall–Kier alpha value is -1.30. The van der Waals surface area contributed by atoms with Crippen LogP contribution in [0.25, 0.3) is 0 Å². The molecule has 2 heterocycles. The lowest BCUT2D eigenvalue weighted by atomic mass is 9.89. The monoisotopic (exact) mass is 315 g/mol. The minimum absolute atomic E-state index is 0.329. The molecule has 0 aliphatic carbocycles. The van der Waals surface area contributed by atoms with Crippen molar-refractivity contribution in [1.82, 2.24) is 0 Å². The second-order valence-electron chi connectivity index (χ2n) is 4.57. The summed E-state index contributed by atoms with van der Waals surface area (Å²) in [7, 11) is 1.29. The number of nitrogens with zero attached hydrogens (tertiary/aromatic N) is 1. The van der Waals surface area contributed by atoms with Gasteiger partial charge in [-0.1, -0.05) is 28.4 Å². The van der Waals surface area contributed by atoms with Gasteiger partial charge in [-0.3, -0.25) is 0 Å². The summed E-state index contributed by atoms with van der Waals surface area (Å²) in [5, 5.41) is 4.97. The summed E-state index contributed by atoms with van der Waals surface area (Å²) in [4.78, 5) is 17.2. The van der Waals surface area contributed by atoms with Crippen LogP contribution in [0.4, 0.5) is 0 Å². The molecule has 2 atom stereocenters. The van der Waals surface area contributed by atoms with Crippen LogP contribution in [-0.2, 0) is 19.1 Å². The van der Waals surface area contributed by atoms with Crippen molar-refractivity contribution in [3.05, 3.63) is 33.8 Å². The molecule has 0 N–H and O–H groups in total. The first-order valence-corrected chi connectivity index (χ1v) is 6.77. The van der Waals surface area contributed by atoms with E-state index in [4.69, 9.17) is 37.5 Å². The Morgan fingerprint density at radius 2 is 2.10 bits per heavy atom. The van der Waals surface area contributed by atoms with E-state index in [1.165, 1.54) is 7.11 Å². The zero-order chi connectivity index (χ0) is 14.3. The molecule has 1 saturated heterocycles. The molecule has 0 spiro atoms. The highest BCUT2D eigenvalue weighted by atomic mass is 35.5. The van der Waals surface area contributed by atoms with Crippen LogP contribution in [0.5, 0.6) is 0 Å². The zero-order valence-electron chi connectivity index (χ0n) is 10.6. The van der Waals surface area contributed by atoms with Crippen molar-refractivity contribution in [2.75, 3.05) is 13.7 Å². The quantitative estimate of drug-likeness (QED) is 0.787. The van der Waals surface area contributed by atoms with Crippen molar-refractivity contribution in [2.45, 2.75) is 12.2 Å². The number of fused-ring (bicyclic) bond motifs is 1. The minimum Gasteiger partial charge on any atom is -0.464 e. The van der Waals surface area contributed by atoms with Crippen molar-refractivity contribution < 1.29 is 19.1 Å². The van der Waals surface area contributed by atoms with Gasteiger partial charge in [-0.05, 0) is 24.6 Å². The highest BCUT2D eigenvalue weighted by molar-refractivity contribution is 6.35. The number of oxime groups is 1. The molecule has 0 aromatic heterocycles. The van der Waals surface area contributed by atoms with Gasteiger partial charge in [0.05, 0.1) is 25.3 Å². The Morgan fingerprint density at radius 1 is 1.40 bits per heavy atom. The third kappa shape index (κ3) is 1.97. The predicted molar refractivity (Wildman–Crippen MR) is 72.9 cm³/mol. The van der Waals surface area contributed by atoms with E-state index in [9.17, 15) is 4.79 Å². The Balaban J connectivity index is 1.99. The van der Waals surface area contributed by atoms with E-state index in [-0.39, 0.29) is 5.92 Å². The molecule has 5 nitrogen and oxygen atoms in total. The summed E-state index contributed by atoms with van der Waals surface area (Å²) in [5.74, 6) is -2.39. The highest BCUT2D eigenvalue weighted by Crippen LogP contribution is 2.42. The normalized spacial score (nSPS) is 27.8. The number of carbonyl (C=O) groups excluding carboxylic acids is 1. The molecule has 2 aliphatic rings. The fraction of sp³-hybridized carbons (Fsp3) is 0.385. The van der Waals surface area contributed by atoms with E-state index >= 15 is 0 Å². The number of hydrogen-bond donors (Lipinski definition) is 0. The highest BCUT2D eigenvalue weighted by Gasteiger charge is 2.61. The van der Waals surface area contributed by atoms with Crippen molar-refractivity contribution in [2.24, 2.45) is 11.1 Å². The van der Waals surface area contributed by atoms with Crippen LogP contribution in [0.1, 0.15) is 12.0 Å². The largest absolute Gasteiger partial charge is 0.464 e. The molecule has 0 amide bonds. The summed E-state index contributed by atoms with van der Waals surface area (Å²) in [6.45, 7) is 0.396. The SMILES string of the molecule is COC(=O)[C@]12OCCC1C(c1cc(Cl)cc(Cl)c1)=NO2. The van der Waals surface area contributed by atoms with E-state index in [0.717, 1.165) is 0 Å². The maximum atomic E-state index is 11.9. The topological polar surface area (TPSA) is 57.1 Å². The number of ether oxygens (including phenoxy) is 2. The predicted octanol–water partition coefficient (Wildman–Crippen LogP) is 2.63. The van der Waals surface area contributed by atoms with Crippen LogP contribution in [0, 0.1) is 5.92 Å². The van der Waals surface area contributed by atoms with E-state index in [1.807, 2.05) is 0 Å². The maximum Gasteiger partial charge on any atom is 0.382 e. The van der Waals surface area contributed by atoms with Crippen LogP contribution in [0.3, 0.4) is 0 Å². The van der Waals surface area contributed by atoms with Crippen molar-refractivity contribution >= 4 is 34.9 Å². The summed E-state index contributed by atoms with van der Waals surface area (Å²) >= 11 is 12.0. The summed E-state index contributed by atoms with van der Waals surface area (Å²) in [6.07, 6.45) is 0.609. The molecule has 20 heavy (non-hydrogen) atoms. The summed E-state index contributed by atoms with van der Waals surface area (Å²) in [6, 6.07) is 5.07. The van der Waals surface area contributed by atoms with E-state index < -0.39 is 11.8 Å². The molecule has 0 bridgehead atoms. The molecule has 1 fully saturated rings. The van der Waals surface area contributed by atoms with Gasteiger partial charge in [0.2, 0.25) is 0 Å². The molecule has 3 rings (SSSR count). The molecule has 0 saturated carbocycles. The standard InChI is InChI=1S/C13H11Cl2NO4/c1-18-12(17)13-10(2-3-19-13)11(16-20-13)7-4-8(14)6-9(15)5-7/h4-6,10H,2-3H2,1H3/t10?,13-/m0/s1. The van der Waals surface area contributed by atoms with Gasteiger partial charge >= 0.3 is 11.8 Å². The number of benzene rings is 1. The first kappa shape index (κ1) is 13.7. The van der Waals surface area contributed by atoms with Gasteiger partial charge in [-0.15, -0.1) is 0 Å². The number of methoxy groups -OCH3 is 1. The summed E-state index contributed by atoms with van der Waals surface area (Å²) < 4.78 is 10.2. The average molecular weight is 316 g/mol. The second kappa shape index (κ2) is 4.91. The third-order valence-electron chi connectivity index (χ3n) is 3.42. The van der Waals surface area contributed by atoms with Crippen LogP contribution >= 0.6 is 23.2 Å². The smallest absolute Gasteiger partial charge is 0.382 e. The average Bonchev–Trinajstić information content (AvgIpc) is 2.95. The molecule has 106 valence electrons. The van der Waals surface area contributed by atoms with Crippen LogP contribution in [0.2, 0.25) is 10.0 Å². The molecule has 2 aliphatic heterocycles. The van der Waals surface area contributed by atoms with Gasteiger partial charge in [-0.2, -0.15) is 0 Å². The Kier molecular flexibility index (Phi) is 3.36. The molecule has 0 radical (unpaired) electrons. The van der Waals surface area contributed by atoms with Gasteiger partial charge in [0.15, 0.2) is 0 Å². The van der Waals surface area contributed by atoms with Gasteiger partial charge in [0.1, 0.15) is 0 Å². The fourth-order valence-corrected chi connectivity index (χ4v) is 3.07. The lowest BCUT2D eigenvalue weighted by molar-refractivity contribution is -0.228. The fourth-order valence-electron chi connectivity index (χ4n) is 2.54.